The fourth-order valence-electron chi connectivity index (χ4n) is 3.27. The Balaban J connectivity index is 1.62. The van der Waals surface area contributed by atoms with Gasteiger partial charge in [-0.05, 0) is 43.6 Å². The van der Waals surface area contributed by atoms with Crippen molar-refractivity contribution in [2.45, 2.75) is 37.3 Å². The van der Waals surface area contributed by atoms with Crippen molar-refractivity contribution in [2.24, 2.45) is 5.92 Å². The topological polar surface area (TPSA) is 95.2 Å². The summed E-state index contributed by atoms with van der Waals surface area (Å²) in [6.07, 6.45) is 2.57. The Bertz CT molecular complexity index is 859. The Labute approximate surface area is 157 Å². The van der Waals surface area contributed by atoms with Crippen LogP contribution in [0.2, 0.25) is 0 Å². The number of hydrogen-bond donors (Lipinski definition) is 2. The molecule has 0 aromatic carbocycles. The molecule has 0 aliphatic carbocycles. The number of piperidine rings is 1. The van der Waals surface area contributed by atoms with Gasteiger partial charge in [-0.2, -0.15) is 5.10 Å². The van der Waals surface area contributed by atoms with Crippen molar-refractivity contribution in [3.8, 4) is 0 Å². The number of aromatic amines is 1. The van der Waals surface area contributed by atoms with Crippen molar-refractivity contribution in [1.29, 1.82) is 0 Å². The SMILES string of the molecule is CCc1[nH]nc(C(=O)N2CCCC(CNS(=O)(=O)c3cccs3)C2)c1C. The summed E-state index contributed by atoms with van der Waals surface area (Å²) < 4.78 is 27.5. The van der Waals surface area contributed by atoms with Crippen molar-refractivity contribution in [3.63, 3.8) is 0 Å². The molecule has 1 aliphatic heterocycles. The van der Waals surface area contributed by atoms with E-state index in [4.69, 9.17) is 0 Å². The Morgan fingerprint density at radius 1 is 1.50 bits per heavy atom. The molecular formula is C17H24N4O3S2. The van der Waals surface area contributed by atoms with Gasteiger partial charge in [0, 0.05) is 30.9 Å². The molecule has 0 spiro atoms. The summed E-state index contributed by atoms with van der Waals surface area (Å²) in [5.41, 5.74) is 2.35. The van der Waals surface area contributed by atoms with Gasteiger partial charge in [-0.25, -0.2) is 13.1 Å². The van der Waals surface area contributed by atoms with Gasteiger partial charge in [-0.1, -0.05) is 13.0 Å². The zero-order valence-corrected chi connectivity index (χ0v) is 16.6. The third-order valence-corrected chi connectivity index (χ3v) is 7.62. The highest BCUT2D eigenvalue weighted by Crippen LogP contribution is 2.21. The first-order valence-electron chi connectivity index (χ1n) is 8.78. The summed E-state index contributed by atoms with van der Waals surface area (Å²) in [7, 11) is -3.47. The number of nitrogens with zero attached hydrogens (tertiary/aromatic N) is 2. The van der Waals surface area contributed by atoms with Crippen molar-refractivity contribution >= 4 is 27.3 Å². The van der Waals surface area contributed by atoms with Crippen LogP contribution in [0, 0.1) is 12.8 Å². The van der Waals surface area contributed by atoms with Crippen LogP contribution in [0.25, 0.3) is 0 Å². The normalized spacial score (nSPS) is 18.2. The standard InChI is InChI=1S/C17H24N4O3S2/c1-3-14-12(2)16(20-19-14)17(22)21-8-4-6-13(11-21)10-18-26(23,24)15-7-5-9-25-15/h5,7,9,13,18H,3-4,6,8,10-11H2,1-2H3,(H,19,20). The summed E-state index contributed by atoms with van der Waals surface area (Å²) in [4.78, 5) is 14.6. The Hall–Kier alpha value is -1.71. The zero-order chi connectivity index (χ0) is 18.7. The smallest absolute Gasteiger partial charge is 0.274 e. The first kappa shape index (κ1) is 19.1. The van der Waals surface area contributed by atoms with Crippen LogP contribution in [0.4, 0.5) is 0 Å². The minimum Gasteiger partial charge on any atom is -0.337 e. The van der Waals surface area contributed by atoms with E-state index in [1.165, 1.54) is 11.3 Å². The molecule has 3 heterocycles. The number of rotatable bonds is 6. The van der Waals surface area contributed by atoms with Crippen LogP contribution in [-0.4, -0.2) is 49.1 Å². The molecule has 1 amide bonds. The molecule has 7 nitrogen and oxygen atoms in total. The molecule has 2 aromatic heterocycles. The van der Waals surface area contributed by atoms with E-state index in [9.17, 15) is 13.2 Å². The summed E-state index contributed by atoms with van der Waals surface area (Å²) in [5.74, 6) is 0.0246. The van der Waals surface area contributed by atoms with Crippen LogP contribution >= 0.6 is 11.3 Å². The lowest BCUT2D eigenvalue weighted by molar-refractivity contribution is 0.0669. The van der Waals surface area contributed by atoms with Gasteiger partial charge in [0.15, 0.2) is 5.69 Å². The number of carbonyl (C=O) groups is 1. The van der Waals surface area contributed by atoms with E-state index < -0.39 is 10.0 Å². The number of amides is 1. The number of hydrogen-bond acceptors (Lipinski definition) is 5. The lowest BCUT2D eigenvalue weighted by Crippen LogP contribution is -2.44. The minimum absolute atomic E-state index is 0.0794. The van der Waals surface area contributed by atoms with Crippen LogP contribution in [0.5, 0.6) is 0 Å². The van der Waals surface area contributed by atoms with Crippen molar-refractivity contribution in [1.82, 2.24) is 19.8 Å². The molecule has 3 rings (SSSR count). The maximum atomic E-state index is 12.8. The summed E-state index contributed by atoms with van der Waals surface area (Å²) in [6, 6.07) is 3.31. The first-order valence-corrected chi connectivity index (χ1v) is 11.1. The highest BCUT2D eigenvalue weighted by atomic mass is 32.2. The third-order valence-electron chi connectivity index (χ3n) is 4.79. The molecule has 2 N–H and O–H groups in total. The molecule has 1 atom stereocenters. The molecule has 0 bridgehead atoms. The number of thiophene rings is 1. The molecule has 0 radical (unpaired) electrons. The van der Waals surface area contributed by atoms with Gasteiger partial charge in [0.05, 0.1) is 0 Å². The van der Waals surface area contributed by atoms with Crippen molar-refractivity contribution < 1.29 is 13.2 Å². The van der Waals surface area contributed by atoms with E-state index in [0.717, 1.165) is 30.5 Å². The lowest BCUT2D eigenvalue weighted by Gasteiger charge is -2.32. The number of likely N-dealkylation sites (tertiary alicyclic amines) is 1. The van der Waals surface area contributed by atoms with Gasteiger partial charge in [-0.15, -0.1) is 11.3 Å². The second-order valence-corrected chi connectivity index (χ2v) is 9.51. The largest absolute Gasteiger partial charge is 0.337 e. The molecule has 1 saturated heterocycles. The lowest BCUT2D eigenvalue weighted by atomic mass is 9.98. The summed E-state index contributed by atoms with van der Waals surface area (Å²) >= 11 is 1.20. The fraction of sp³-hybridized carbons (Fsp3) is 0.529. The van der Waals surface area contributed by atoms with Crippen molar-refractivity contribution in [2.75, 3.05) is 19.6 Å². The van der Waals surface area contributed by atoms with E-state index in [1.807, 2.05) is 13.8 Å². The number of sulfonamides is 1. The van der Waals surface area contributed by atoms with Crippen LogP contribution in [0.3, 0.4) is 0 Å². The highest BCUT2D eigenvalue weighted by Gasteiger charge is 2.28. The van der Waals surface area contributed by atoms with Crippen LogP contribution < -0.4 is 4.72 Å². The molecule has 1 fully saturated rings. The molecule has 2 aromatic rings. The highest BCUT2D eigenvalue weighted by molar-refractivity contribution is 7.91. The monoisotopic (exact) mass is 396 g/mol. The molecule has 1 aliphatic rings. The molecule has 26 heavy (non-hydrogen) atoms. The second kappa shape index (κ2) is 7.89. The van der Waals surface area contributed by atoms with E-state index in [2.05, 4.69) is 14.9 Å². The van der Waals surface area contributed by atoms with Crippen molar-refractivity contribution in [3.05, 3.63) is 34.5 Å². The predicted octanol–water partition coefficient (Wildman–Crippen LogP) is 2.17. The molecular weight excluding hydrogens is 372 g/mol. The number of carbonyl (C=O) groups excluding carboxylic acids is 1. The maximum Gasteiger partial charge on any atom is 0.274 e. The minimum atomic E-state index is -3.47. The average Bonchev–Trinajstić information content (AvgIpc) is 3.30. The van der Waals surface area contributed by atoms with Gasteiger partial charge in [0.1, 0.15) is 4.21 Å². The third kappa shape index (κ3) is 3.99. The maximum absolute atomic E-state index is 12.8. The van der Waals surface area contributed by atoms with Gasteiger partial charge in [0.2, 0.25) is 10.0 Å². The van der Waals surface area contributed by atoms with Crippen LogP contribution in [-0.2, 0) is 16.4 Å². The summed E-state index contributed by atoms with van der Waals surface area (Å²) in [6.45, 7) is 5.49. The van der Waals surface area contributed by atoms with Gasteiger partial charge in [0.25, 0.3) is 5.91 Å². The number of nitrogens with one attached hydrogen (secondary N) is 2. The molecule has 9 heteroatoms. The second-order valence-electron chi connectivity index (χ2n) is 6.57. The number of aromatic nitrogens is 2. The number of aryl methyl sites for hydroxylation is 1. The van der Waals surface area contributed by atoms with Crippen LogP contribution in [0.15, 0.2) is 21.7 Å². The Kier molecular flexibility index (Phi) is 5.79. The van der Waals surface area contributed by atoms with Gasteiger partial charge >= 0.3 is 0 Å². The van der Waals surface area contributed by atoms with E-state index in [0.29, 0.717) is 29.5 Å². The Morgan fingerprint density at radius 2 is 2.31 bits per heavy atom. The van der Waals surface area contributed by atoms with Crippen LogP contribution in [0.1, 0.15) is 41.5 Å². The summed E-state index contributed by atoms with van der Waals surface area (Å²) in [5, 5.41) is 8.85. The first-order chi connectivity index (χ1) is 12.4. The average molecular weight is 397 g/mol. The van der Waals surface area contributed by atoms with E-state index >= 15 is 0 Å². The zero-order valence-electron chi connectivity index (χ0n) is 15.0. The predicted molar refractivity (Wildman–Crippen MR) is 101 cm³/mol. The quantitative estimate of drug-likeness (QED) is 0.782. The number of H-pyrrole nitrogens is 1. The fourth-order valence-corrected chi connectivity index (χ4v) is 5.42. The molecule has 1 unspecified atom stereocenters. The van der Waals surface area contributed by atoms with E-state index in [1.54, 1.807) is 22.4 Å². The Morgan fingerprint density at radius 3 is 2.96 bits per heavy atom. The molecule has 0 saturated carbocycles. The van der Waals surface area contributed by atoms with E-state index in [-0.39, 0.29) is 11.8 Å². The van der Waals surface area contributed by atoms with Gasteiger partial charge in [-0.3, -0.25) is 9.89 Å². The molecule has 142 valence electrons. The van der Waals surface area contributed by atoms with Gasteiger partial charge < -0.3 is 4.90 Å².